The molecule has 0 amide bonds. The van der Waals surface area contributed by atoms with Gasteiger partial charge < -0.3 is 30.1 Å². The Morgan fingerprint density at radius 1 is 1.31 bits per heavy atom. The molecule has 11 nitrogen and oxygen atoms in total. The number of benzene rings is 1. The average molecular weight is 405 g/mol. The SMILES string of the molecule is COc1ccccc1CON1CNc2c(ncn2[C@@H]2O[C@H](CO)[C@@H](O)[C@H]2O)C1=N. The van der Waals surface area contributed by atoms with E-state index < -0.39 is 31.1 Å². The second kappa shape index (κ2) is 7.97. The molecule has 5 N–H and O–H groups in total. The lowest BCUT2D eigenvalue weighted by Crippen LogP contribution is -2.41. The summed E-state index contributed by atoms with van der Waals surface area (Å²) in [4.78, 5) is 9.98. The molecule has 4 atom stereocenters. The Hall–Kier alpha value is -2.70. The number of hydroxylamine groups is 2. The van der Waals surface area contributed by atoms with Crippen LogP contribution in [0.25, 0.3) is 0 Å². The van der Waals surface area contributed by atoms with E-state index in [2.05, 4.69) is 10.3 Å². The molecule has 2 aliphatic heterocycles. The van der Waals surface area contributed by atoms with Crippen LogP contribution in [0.15, 0.2) is 30.6 Å². The molecular weight excluding hydrogens is 382 g/mol. The van der Waals surface area contributed by atoms with Gasteiger partial charge in [-0.05, 0) is 6.07 Å². The zero-order chi connectivity index (χ0) is 20.5. The average Bonchev–Trinajstić information content (AvgIpc) is 3.29. The van der Waals surface area contributed by atoms with E-state index in [0.29, 0.717) is 17.3 Å². The molecule has 2 aliphatic rings. The third-order valence-electron chi connectivity index (χ3n) is 5.02. The van der Waals surface area contributed by atoms with Gasteiger partial charge in [0.25, 0.3) is 0 Å². The van der Waals surface area contributed by atoms with Crippen molar-refractivity contribution in [2.75, 3.05) is 25.7 Å². The summed E-state index contributed by atoms with van der Waals surface area (Å²) >= 11 is 0. The van der Waals surface area contributed by atoms with Gasteiger partial charge in [-0.1, -0.05) is 18.2 Å². The summed E-state index contributed by atoms with van der Waals surface area (Å²) in [6.07, 6.45) is -2.86. The maximum absolute atomic E-state index is 10.2. The van der Waals surface area contributed by atoms with E-state index in [0.717, 1.165) is 5.56 Å². The molecule has 1 aromatic heterocycles. The molecular formula is C18H23N5O6. The van der Waals surface area contributed by atoms with Gasteiger partial charge in [-0.25, -0.2) is 10.0 Å². The number of methoxy groups -OCH3 is 1. The summed E-state index contributed by atoms with van der Waals surface area (Å²) in [6, 6.07) is 7.45. The van der Waals surface area contributed by atoms with Crippen LogP contribution in [0.3, 0.4) is 0 Å². The minimum Gasteiger partial charge on any atom is -0.496 e. The highest BCUT2D eigenvalue weighted by Crippen LogP contribution is 2.34. The lowest BCUT2D eigenvalue weighted by molar-refractivity contribution is -0.108. The van der Waals surface area contributed by atoms with Crippen molar-refractivity contribution in [3.05, 3.63) is 41.9 Å². The summed E-state index contributed by atoms with van der Waals surface area (Å²) < 4.78 is 12.4. The van der Waals surface area contributed by atoms with Crippen LogP contribution in [-0.2, 0) is 16.2 Å². The Balaban J connectivity index is 1.48. The van der Waals surface area contributed by atoms with Crippen LogP contribution in [0, 0.1) is 5.41 Å². The van der Waals surface area contributed by atoms with Gasteiger partial charge in [-0.2, -0.15) is 0 Å². The molecule has 1 fully saturated rings. The maximum atomic E-state index is 10.2. The third-order valence-corrected chi connectivity index (χ3v) is 5.02. The van der Waals surface area contributed by atoms with E-state index in [1.165, 1.54) is 16.0 Å². The molecule has 0 bridgehead atoms. The van der Waals surface area contributed by atoms with Crippen molar-refractivity contribution in [2.24, 2.45) is 0 Å². The highest BCUT2D eigenvalue weighted by Gasteiger charge is 2.44. The second-order valence-electron chi connectivity index (χ2n) is 6.73. The van der Waals surface area contributed by atoms with Crippen LogP contribution in [-0.4, -0.2) is 74.5 Å². The lowest BCUT2D eigenvalue weighted by atomic mass is 10.1. The van der Waals surface area contributed by atoms with Gasteiger partial charge in [-0.3, -0.25) is 14.8 Å². The molecule has 0 aliphatic carbocycles. The second-order valence-corrected chi connectivity index (χ2v) is 6.73. The first-order valence-corrected chi connectivity index (χ1v) is 9.09. The van der Waals surface area contributed by atoms with E-state index in [4.69, 9.17) is 19.7 Å². The summed E-state index contributed by atoms with van der Waals surface area (Å²) in [6.45, 7) is -0.0418. The fourth-order valence-corrected chi connectivity index (χ4v) is 3.44. The molecule has 3 heterocycles. The molecule has 0 saturated carbocycles. The van der Waals surface area contributed by atoms with Gasteiger partial charge in [0.1, 0.15) is 48.8 Å². The summed E-state index contributed by atoms with van der Waals surface area (Å²) in [5.41, 5.74) is 1.15. The number of nitrogens with zero attached hydrogens (tertiary/aromatic N) is 3. The number of aliphatic hydroxyl groups is 3. The van der Waals surface area contributed by atoms with Crippen LogP contribution in [0.2, 0.25) is 0 Å². The first kappa shape index (κ1) is 19.6. The van der Waals surface area contributed by atoms with E-state index in [-0.39, 0.29) is 19.1 Å². The standard InChI is InChI=1S/C18H23N5O6/c1-27-11-5-3-2-4-10(11)7-28-23-9-21-17-13(16(23)19)20-8-22(17)18-15(26)14(25)12(6-24)29-18/h2-5,8,12,14-15,18-19,21,24-26H,6-7,9H2,1H3/t12-,14-,15-,18-/m1/s1. The van der Waals surface area contributed by atoms with Crippen molar-refractivity contribution in [2.45, 2.75) is 31.1 Å². The van der Waals surface area contributed by atoms with Gasteiger partial charge in [0.2, 0.25) is 0 Å². The zero-order valence-corrected chi connectivity index (χ0v) is 15.7. The predicted octanol–water partition coefficient (Wildman–Crippen LogP) is -0.355. The normalized spacial score (nSPS) is 26.3. The molecule has 11 heteroatoms. The van der Waals surface area contributed by atoms with Crippen molar-refractivity contribution in [3.63, 3.8) is 0 Å². The number of anilines is 1. The Labute approximate surface area is 166 Å². The number of amidine groups is 1. The van der Waals surface area contributed by atoms with E-state index in [1.807, 2.05) is 24.3 Å². The van der Waals surface area contributed by atoms with Crippen molar-refractivity contribution in [1.29, 1.82) is 5.41 Å². The van der Waals surface area contributed by atoms with Gasteiger partial charge >= 0.3 is 0 Å². The van der Waals surface area contributed by atoms with Gasteiger partial charge in [0.15, 0.2) is 12.1 Å². The van der Waals surface area contributed by atoms with E-state index >= 15 is 0 Å². The largest absolute Gasteiger partial charge is 0.496 e. The molecule has 1 aromatic carbocycles. The molecule has 1 saturated heterocycles. The van der Waals surface area contributed by atoms with Gasteiger partial charge in [-0.15, -0.1) is 0 Å². The first-order valence-electron chi connectivity index (χ1n) is 9.09. The van der Waals surface area contributed by atoms with Crippen LogP contribution < -0.4 is 10.1 Å². The number of rotatable bonds is 6. The quantitative estimate of drug-likeness (QED) is 0.435. The fourth-order valence-electron chi connectivity index (χ4n) is 3.44. The number of aromatic nitrogens is 2. The highest BCUT2D eigenvalue weighted by molar-refractivity contribution is 5.99. The number of fused-ring (bicyclic) bond motifs is 1. The molecule has 0 unspecified atom stereocenters. The summed E-state index contributed by atoms with van der Waals surface area (Å²) in [5.74, 6) is 1.19. The number of ether oxygens (including phenoxy) is 2. The number of imidazole rings is 1. The minimum atomic E-state index is -1.23. The van der Waals surface area contributed by atoms with Gasteiger partial charge in [0.05, 0.1) is 20.0 Å². The molecule has 29 heavy (non-hydrogen) atoms. The van der Waals surface area contributed by atoms with Crippen LogP contribution >= 0.6 is 0 Å². The topological polar surface area (TPSA) is 145 Å². The molecule has 0 spiro atoms. The predicted molar refractivity (Wildman–Crippen MR) is 100 cm³/mol. The number of para-hydroxylation sites is 1. The van der Waals surface area contributed by atoms with E-state index in [1.54, 1.807) is 7.11 Å². The Kier molecular flexibility index (Phi) is 5.39. The van der Waals surface area contributed by atoms with Crippen molar-refractivity contribution >= 4 is 11.7 Å². The minimum absolute atomic E-state index is 0.0409. The molecule has 4 rings (SSSR count). The molecule has 0 radical (unpaired) electrons. The van der Waals surface area contributed by atoms with Gasteiger partial charge in [0, 0.05) is 5.56 Å². The number of hydrogen-bond donors (Lipinski definition) is 5. The maximum Gasteiger partial charge on any atom is 0.176 e. The molecule has 156 valence electrons. The number of nitrogens with one attached hydrogen (secondary N) is 2. The third kappa shape index (κ3) is 3.43. The van der Waals surface area contributed by atoms with Crippen LogP contribution in [0.1, 0.15) is 17.5 Å². The first-order chi connectivity index (χ1) is 14.0. The fraction of sp³-hybridized carbons (Fsp3) is 0.444. The lowest BCUT2D eigenvalue weighted by Gasteiger charge is -2.30. The summed E-state index contributed by atoms with van der Waals surface area (Å²) in [5, 5.41) is 42.4. The van der Waals surface area contributed by atoms with Crippen LogP contribution in [0.5, 0.6) is 5.75 Å². The van der Waals surface area contributed by atoms with Crippen molar-refractivity contribution in [1.82, 2.24) is 14.6 Å². The number of hydrogen-bond acceptors (Lipinski definition) is 9. The Bertz CT molecular complexity index is 889. The Morgan fingerprint density at radius 3 is 2.83 bits per heavy atom. The number of aliphatic hydroxyl groups excluding tert-OH is 3. The van der Waals surface area contributed by atoms with Crippen molar-refractivity contribution < 1.29 is 29.6 Å². The molecule has 2 aromatic rings. The van der Waals surface area contributed by atoms with Crippen LogP contribution in [0.4, 0.5) is 5.82 Å². The smallest absolute Gasteiger partial charge is 0.176 e. The Morgan fingerprint density at radius 2 is 2.10 bits per heavy atom. The van der Waals surface area contributed by atoms with Crippen molar-refractivity contribution in [3.8, 4) is 5.75 Å². The van der Waals surface area contributed by atoms with E-state index in [9.17, 15) is 15.3 Å². The monoisotopic (exact) mass is 405 g/mol. The summed E-state index contributed by atoms with van der Waals surface area (Å²) in [7, 11) is 1.58. The highest BCUT2D eigenvalue weighted by atomic mass is 16.7. The zero-order valence-electron chi connectivity index (χ0n) is 15.7.